The number of hydrogen-bond donors (Lipinski definition) is 2. The monoisotopic (exact) mass is 253 g/mol. The molecule has 0 unspecified atom stereocenters. The molecule has 96 valence electrons. The lowest BCUT2D eigenvalue weighted by atomic mass is 9.90. The van der Waals surface area contributed by atoms with E-state index < -0.39 is 0 Å². The molecule has 0 spiro atoms. The highest BCUT2D eigenvalue weighted by molar-refractivity contribution is 6.10. The highest BCUT2D eigenvalue weighted by Crippen LogP contribution is 2.26. The molecule has 5 nitrogen and oxygen atoms in total. The van der Waals surface area contributed by atoms with Crippen molar-refractivity contribution >= 4 is 11.4 Å². The number of piperidine rings is 1. The van der Waals surface area contributed by atoms with E-state index in [4.69, 9.17) is 10.5 Å². The Kier molecular flexibility index (Phi) is 4.49. The van der Waals surface area contributed by atoms with Crippen molar-refractivity contribution in [2.75, 3.05) is 18.5 Å². The Balaban J connectivity index is 2.09. The Bertz CT molecular complexity index is 528. The molecular weight excluding hydrogens is 238 g/mol. The van der Waals surface area contributed by atoms with Gasteiger partial charge in [-0.15, -0.1) is 0 Å². The third kappa shape index (κ3) is 3.54. The van der Waals surface area contributed by atoms with Gasteiger partial charge in [0, 0.05) is 0 Å². The van der Waals surface area contributed by atoms with Crippen LogP contribution in [0.3, 0.4) is 0 Å². The van der Waals surface area contributed by atoms with Crippen LogP contribution in [0.5, 0.6) is 0 Å². The van der Waals surface area contributed by atoms with Crippen LogP contribution in [-0.2, 0) is 0 Å². The highest BCUT2D eigenvalue weighted by Gasteiger charge is 2.15. The molecule has 0 atom stereocenters. The fraction of sp³-hybridized carbons (Fsp3) is 0.357. The largest absolute Gasteiger partial charge is 0.317 e. The van der Waals surface area contributed by atoms with Crippen molar-refractivity contribution in [1.29, 1.82) is 10.5 Å². The minimum atomic E-state index is -0.174. The van der Waals surface area contributed by atoms with Gasteiger partial charge >= 0.3 is 0 Å². The van der Waals surface area contributed by atoms with E-state index in [9.17, 15) is 0 Å². The Morgan fingerprint density at radius 2 is 2.00 bits per heavy atom. The summed E-state index contributed by atoms with van der Waals surface area (Å²) in [6.07, 6.45) is 2.27. The zero-order chi connectivity index (χ0) is 13.5. The van der Waals surface area contributed by atoms with Crippen molar-refractivity contribution in [2.24, 2.45) is 5.10 Å². The predicted molar refractivity (Wildman–Crippen MR) is 73.6 cm³/mol. The van der Waals surface area contributed by atoms with Crippen molar-refractivity contribution in [3.8, 4) is 12.1 Å². The second-order valence-electron chi connectivity index (χ2n) is 4.45. The molecule has 1 aromatic carbocycles. The van der Waals surface area contributed by atoms with Crippen LogP contribution in [0.15, 0.2) is 29.4 Å². The van der Waals surface area contributed by atoms with Crippen LogP contribution >= 0.6 is 0 Å². The van der Waals surface area contributed by atoms with Gasteiger partial charge < -0.3 is 5.32 Å². The van der Waals surface area contributed by atoms with Gasteiger partial charge in [-0.25, -0.2) is 0 Å². The number of nitrogens with zero attached hydrogens (tertiary/aromatic N) is 3. The van der Waals surface area contributed by atoms with Crippen molar-refractivity contribution in [2.45, 2.75) is 18.8 Å². The molecule has 1 aromatic rings. The summed E-state index contributed by atoms with van der Waals surface area (Å²) in [6, 6.07) is 11.4. The van der Waals surface area contributed by atoms with Crippen LogP contribution in [-0.4, -0.2) is 18.8 Å². The zero-order valence-electron chi connectivity index (χ0n) is 10.6. The number of nitriles is 2. The van der Waals surface area contributed by atoms with E-state index >= 15 is 0 Å². The lowest BCUT2D eigenvalue weighted by molar-refractivity contribution is 0.460. The number of anilines is 1. The van der Waals surface area contributed by atoms with Gasteiger partial charge in [0.1, 0.15) is 12.1 Å². The molecule has 1 saturated heterocycles. The van der Waals surface area contributed by atoms with Crippen molar-refractivity contribution in [3.63, 3.8) is 0 Å². The first kappa shape index (κ1) is 13.1. The minimum absolute atomic E-state index is 0.174. The average Bonchev–Trinajstić information content (AvgIpc) is 2.49. The summed E-state index contributed by atoms with van der Waals surface area (Å²) in [5.41, 5.74) is 4.66. The molecule has 0 amide bonds. The minimum Gasteiger partial charge on any atom is -0.317 e. The van der Waals surface area contributed by atoms with Crippen molar-refractivity contribution in [3.05, 3.63) is 29.8 Å². The quantitative estimate of drug-likeness (QED) is 0.637. The van der Waals surface area contributed by atoms with E-state index in [0.717, 1.165) is 31.6 Å². The first-order valence-electron chi connectivity index (χ1n) is 6.28. The maximum absolute atomic E-state index is 8.61. The smallest absolute Gasteiger partial charge is 0.237 e. The SMILES string of the molecule is N#CC(C#N)=NNc1cccc(C2CCNCC2)c1. The summed E-state index contributed by atoms with van der Waals surface area (Å²) in [5, 5.41) is 24.3. The van der Waals surface area contributed by atoms with Gasteiger partial charge in [-0.3, -0.25) is 5.43 Å². The second kappa shape index (κ2) is 6.53. The van der Waals surface area contributed by atoms with Gasteiger partial charge in [0.25, 0.3) is 0 Å². The topological polar surface area (TPSA) is 84.0 Å². The Hall–Kier alpha value is -2.37. The second-order valence-corrected chi connectivity index (χ2v) is 4.45. The van der Waals surface area contributed by atoms with E-state index in [1.54, 1.807) is 12.1 Å². The van der Waals surface area contributed by atoms with E-state index in [0.29, 0.717) is 5.92 Å². The molecule has 0 bridgehead atoms. The summed E-state index contributed by atoms with van der Waals surface area (Å²) in [7, 11) is 0. The normalized spacial score (nSPS) is 15.1. The van der Waals surface area contributed by atoms with Gasteiger partial charge in [0.15, 0.2) is 0 Å². The molecule has 19 heavy (non-hydrogen) atoms. The lowest BCUT2D eigenvalue weighted by Crippen LogP contribution is -2.26. The maximum Gasteiger partial charge on any atom is 0.237 e. The van der Waals surface area contributed by atoms with E-state index in [1.807, 2.05) is 18.2 Å². The van der Waals surface area contributed by atoms with E-state index in [1.165, 1.54) is 5.56 Å². The van der Waals surface area contributed by atoms with Crippen molar-refractivity contribution < 1.29 is 0 Å². The first-order valence-corrected chi connectivity index (χ1v) is 6.28. The Morgan fingerprint density at radius 3 is 2.68 bits per heavy atom. The molecule has 5 heteroatoms. The van der Waals surface area contributed by atoms with Crippen LogP contribution in [0, 0.1) is 22.7 Å². The van der Waals surface area contributed by atoms with Crippen LogP contribution < -0.4 is 10.7 Å². The summed E-state index contributed by atoms with van der Waals surface area (Å²) >= 11 is 0. The number of hydrogen-bond acceptors (Lipinski definition) is 5. The molecule has 2 rings (SSSR count). The molecule has 1 fully saturated rings. The van der Waals surface area contributed by atoms with Crippen LogP contribution in [0.1, 0.15) is 24.3 Å². The highest BCUT2D eigenvalue weighted by atomic mass is 15.3. The summed E-state index contributed by atoms with van der Waals surface area (Å²) < 4.78 is 0. The van der Waals surface area contributed by atoms with Crippen molar-refractivity contribution in [1.82, 2.24) is 5.32 Å². The van der Waals surface area contributed by atoms with E-state index in [-0.39, 0.29) is 5.71 Å². The number of rotatable bonds is 3. The average molecular weight is 253 g/mol. The number of nitrogens with one attached hydrogen (secondary N) is 2. The van der Waals surface area contributed by atoms with Gasteiger partial charge in [-0.05, 0) is 49.5 Å². The molecule has 2 N–H and O–H groups in total. The van der Waals surface area contributed by atoms with Crippen LogP contribution in [0.2, 0.25) is 0 Å². The van der Waals surface area contributed by atoms with Gasteiger partial charge in [-0.2, -0.15) is 15.6 Å². The molecule has 0 aromatic heterocycles. The van der Waals surface area contributed by atoms with Crippen LogP contribution in [0.4, 0.5) is 5.69 Å². The third-order valence-electron chi connectivity index (χ3n) is 3.21. The van der Waals surface area contributed by atoms with Gasteiger partial charge in [0.05, 0.1) is 5.69 Å². The predicted octanol–water partition coefficient (Wildman–Crippen LogP) is 1.97. The maximum atomic E-state index is 8.61. The molecule has 1 aliphatic rings. The fourth-order valence-electron chi connectivity index (χ4n) is 2.21. The first-order chi connectivity index (χ1) is 9.33. The lowest BCUT2D eigenvalue weighted by Gasteiger charge is -2.23. The standard InChI is InChI=1S/C14H15N5/c15-9-14(10-16)19-18-13-3-1-2-12(8-13)11-4-6-17-7-5-11/h1-3,8,11,17-18H,4-7H2. The molecular formula is C14H15N5. The molecule has 1 aliphatic heterocycles. The van der Waals surface area contributed by atoms with Gasteiger partial charge in [0.2, 0.25) is 5.71 Å². The number of hydrazone groups is 1. The Morgan fingerprint density at radius 1 is 1.26 bits per heavy atom. The van der Waals surface area contributed by atoms with Gasteiger partial charge in [-0.1, -0.05) is 12.1 Å². The number of benzene rings is 1. The summed E-state index contributed by atoms with van der Waals surface area (Å²) in [4.78, 5) is 0. The molecule has 0 saturated carbocycles. The summed E-state index contributed by atoms with van der Waals surface area (Å²) in [6.45, 7) is 2.10. The molecule has 1 heterocycles. The summed E-state index contributed by atoms with van der Waals surface area (Å²) in [5.74, 6) is 0.568. The van der Waals surface area contributed by atoms with E-state index in [2.05, 4.69) is 21.9 Å². The zero-order valence-corrected chi connectivity index (χ0v) is 10.6. The van der Waals surface area contributed by atoms with Crippen LogP contribution in [0.25, 0.3) is 0 Å². The third-order valence-corrected chi connectivity index (χ3v) is 3.21. The molecule has 0 radical (unpaired) electrons. The Labute approximate surface area is 112 Å². The fourth-order valence-corrected chi connectivity index (χ4v) is 2.21. The molecule has 0 aliphatic carbocycles.